The minimum absolute atomic E-state index is 0.0205. The van der Waals surface area contributed by atoms with Gasteiger partial charge >= 0.3 is 0 Å². The van der Waals surface area contributed by atoms with Crippen molar-refractivity contribution in [3.05, 3.63) is 23.8 Å². The third-order valence-electron chi connectivity index (χ3n) is 4.97. The molecule has 2 heterocycles. The van der Waals surface area contributed by atoms with Crippen molar-refractivity contribution in [1.29, 1.82) is 0 Å². The molecule has 2 aliphatic heterocycles. The number of nitrogens with one attached hydrogen (secondary N) is 1. The van der Waals surface area contributed by atoms with Crippen LogP contribution in [0.5, 0.6) is 5.75 Å². The predicted octanol–water partition coefficient (Wildman–Crippen LogP) is 1.34. The largest absolute Gasteiger partial charge is 0.478 e. The Bertz CT molecular complexity index is 673. The van der Waals surface area contributed by atoms with Gasteiger partial charge in [-0.2, -0.15) is 0 Å². The lowest BCUT2D eigenvalue weighted by atomic mass is 10.1. The van der Waals surface area contributed by atoms with Crippen LogP contribution in [0.3, 0.4) is 0 Å². The molecule has 7 heteroatoms. The third-order valence-corrected chi connectivity index (χ3v) is 4.97. The molecule has 0 aromatic heterocycles. The molecule has 2 aliphatic rings. The molecular formula is C20H29N3O4. The van der Waals surface area contributed by atoms with Gasteiger partial charge in [0.25, 0.3) is 5.91 Å². The average molecular weight is 375 g/mol. The van der Waals surface area contributed by atoms with E-state index in [0.29, 0.717) is 24.4 Å². The smallest absolute Gasteiger partial charge is 0.268 e. The van der Waals surface area contributed by atoms with Gasteiger partial charge in [0.15, 0.2) is 6.10 Å². The Balaban J connectivity index is 1.54. The van der Waals surface area contributed by atoms with Crippen molar-refractivity contribution in [1.82, 2.24) is 10.2 Å². The lowest BCUT2D eigenvalue weighted by molar-refractivity contribution is -0.129. The van der Waals surface area contributed by atoms with Gasteiger partial charge in [-0.1, -0.05) is 13.0 Å². The minimum Gasteiger partial charge on any atom is -0.478 e. The van der Waals surface area contributed by atoms with Gasteiger partial charge < -0.3 is 14.8 Å². The summed E-state index contributed by atoms with van der Waals surface area (Å²) in [5, 5.41) is 2.94. The van der Waals surface area contributed by atoms with E-state index in [1.165, 1.54) is 0 Å². The number of aryl methyl sites for hydroxylation is 1. The number of hydrogen-bond acceptors (Lipinski definition) is 5. The highest BCUT2D eigenvalue weighted by molar-refractivity contribution is 6.03. The SMILES string of the molecule is CC[C@@H]1Oc2ccc(C)cc2N(CC(=O)NCCCN2CCOCC2)C1=O. The second kappa shape index (κ2) is 9.19. The molecule has 2 amide bonds. The number of fused-ring (bicyclic) bond motifs is 1. The molecule has 0 aliphatic carbocycles. The minimum atomic E-state index is -0.533. The standard InChI is InChI=1S/C20H29N3O4/c1-3-17-20(25)23(16-13-15(2)5-6-18(16)27-17)14-19(24)21-7-4-8-22-9-11-26-12-10-22/h5-6,13,17H,3-4,7-12,14H2,1-2H3,(H,21,24)/t17-/m0/s1. The second-order valence-electron chi connectivity index (χ2n) is 7.07. The van der Waals surface area contributed by atoms with Crippen LogP contribution < -0.4 is 15.0 Å². The summed E-state index contributed by atoms with van der Waals surface area (Å²) in [5.41, 5.74) is 1.70. The Hall–Kier alpha value is -2.12. The second-order valence-corrected chi connectivity index (χ2v) is 7.07. The summed E-state index contributed by atoms with van der Waals surface area (Å²) < 4.78 is 11.1. The number of carbonyl (C=O) groups excluding carboxylic acids is 2. The number of carbonyl (C=O) groups is 2. The summed E-state index contributed by atoms with van der Waals surface area (Å²) >= 11 is 0. The Morgan fingerprint density at radius 2 is 2.07 bits per heavy atom. The Morgan fingerprint density at radius 3 is 2.81 bits per heavy atom. The summed E-state index contributed by atoms with van der Waals surface area (Å²) in [4.78, 5) is 29.0. The molecule has 0 spiro atoms. The topological polar surface area (TPSA) is 71.1 Å². The number of morpholine rings is 1. The third kappa shape index (κ3) is 4.99. The zero-order valence-electron chi connectivity index (χ0n) is 16.2. The van der Waals surface area contributed by atoms with Crippen molar-refractivity contribution in [2.45, 2.75) is 32.8 Å². The molecular weight excluding hydrogens is 346 g/mol. The number of rotatable bonds is 7. The van der Waals surface area contributed by atoms with Crippen molar-refractivity contribution in [2.24, 2.45) is 0 Å². The summed E-state index contributed by atoms with van der Waals surface area (Å²) in [5.74, 6) is 0.362. The highest BCUT2D eigenvalue weighted by Gasteiger charge is 2.34. The van der Waals surface area contributed by atoms with Crippen LogP contribution >= 0.6 is 0 Å². The molecule has 1 saturated heterocycles. The van der Waals surface area contributed by atoms with Crippen LogP contribution in [0.2, 0.25) is 0 Å². The molecule has 7 nitrogen and oxygen atoms in total. The van der Waals surface area contributed by atoms with Crippen LogP contribution in [-0.4, -0.2) is 68.8 Å². The molecule has 0 bridgehead atoms. The summed E-state index contributed by atoms with van der Waals surface area (Å²) in [6.07, 6.45) is 0.925. The van der Waals surface area contributed by atoms with Crippen molar-refractivity contribution in [3.8, 4) is 5.75 Å². The predicted molar refractivity (Wildman–Crippen MR) is 103 cm³/mol. The number of benzene rings is 1. The maximum absolute atomic E-state index is 12.7. The van der Waals surface area contributed by atoms with E-state index in [4.69, 9.17) is 9.47 Å². The molecule has 1 fully saturated rings. The van der Waals surface area contributed by atoms with Gasteiger partial charge in [0, 0.05) is 19.6 Å². The normalized spacial score (nSPS) is 20.1. The van der Waals surface area contributed by atoms with Crippen LogP contribution in [0.15, 0.2) is 18.2 Å². The first-order chi connectivity index (χ1) is 13.1. The number of hydrogen-bond donors (Lipinski definition) is 1. The zero-order valence-corrected chi connectivity index (χ0v) is 16.2. The maximum Gasteiger partial charge on any atom is 0.268 e. The van der Waals surface area contributed by atoms with Gasteiger partial charge in [0.05, 0.1) is 18.9 Å². The Kier molecular flexibility index (Phi) is 6.68. The maximum atomic E-state index is 12.7. The summed E-state index contributed by atoms with van der Waals surface area (Å²) in [6, 6.07) is 5.71. The molecule has 0 saturated carbocycles. The first kappa shape index (κ1) is 19.6. The Labute approximate surface area is 160 Å². The highest BCUT2D eigenvalue weighted by Crippen LogP contribution is 2.35. The van der Waals surface area contributed by atoms with Crippen molar-refractivity contribution in [2.75, 3.05) is 50.8 Å². The van der Waals surface area contributed by atoms with Gasteiger partial charge in [-0.05, 0) is 44.0 Å². The van der Waals surface area contributed by atoms with E-state index in [9.17, 15) is 9.59 Å². The molecule has 27 heavy (non-hydrogen) atoms. The van der Waals surface area contributed by atoms with Crippen molar-refractivity contribution < 1.29 is 19.1 Å². The van der Waals surface area contributed by atoms with Gasteiger partial charge in [-0.3, -0.25) is 19.4 Å². The average Bonchev–Trinajstić information content (AvgIpc) is 2.68. The van der Waals surface area contributed by atoms with E-state index >= 15 is 0 Å². The number of amides is 2. The lowest BCUT2D eigenvalue weighted by Crippen LogP contribution is -2.49. The highest BCUT2D eigenvalue weighted by atomic mass is 16.5. The molecule has 1 aromatic rings. The quantitative estimate of drug-likeness (QED) is 0.728. The molecule has 0 unspecified atom stereocenters. The summed E-state index contributed by atoms with van der Waals surface area (Å²) in [6.45, 7) is 8.90. The number of nitrogens with zero attached hydrogens (tertiary/aromatic N) is 2. The zero-order chi connectivity index (χ0) is 19.2. The Morgan fingerprint density at radius 1 is 1.30 bits per heavy atom. The lowest BCUT2D eigenvalue weighted by Gasteiger charge is -2.34. The van der Waals surface area contributed by atoms with Gasteiger partial charge in [-0.15, -0.1) is 0 Å². The first-order valence-electron chi connectivity index (χ1n) is 9.74. The molecule has 3 rings (SSSR count). The molecule has 0 radical (unpaired) electrons. The van der Waals surface area contributed by atoms with E-state index in [0.717, 1.165) is 44.8 Å². The molecule has 1 atom stereocenters. The summed E-state index contributed by atoms with van der Waals surface area (Å²) in [7, 11) is 0. The van der Waals surface area contributed by atoms with Gasteiger partial charge in [-0.25, -0.2) is 0 Å². The molecule has 1 N–H and O–H groups in total. The fourth-order valence-electron chi connectivity index (χ4n) is 3.41. The van der Waals surface area contributed by atoms with E-state index in [1.807, 2.05) is 32.0 Å². The van der Waals surface area contributed by atoms with Gasteiger partial charge in [0.2, 0.25) is 5.91 Å². The van der Waals surface area contributed by atoms with Crippen LogP contribution in [0.4, 0.5) is 5.69 Å². The van der Waals surface area contributed by atoms with Gasteiger partial charge in [0.1, 0.15) is 12.3 Å². The number of ether oxygens (including phenoxy) is 2. The fourth-order valence-corrected chi connectivity index (χ4v) is 3.41. The molecule has 148 valence electrons. The fraction of sp³-hybridized carbons (Fsp3) is 0.600. The van der Waals surface area contributed by atoms with Crippen LogP contribution in [-0.2, 0) is 14.3 Å². The van der Waals surface area contributed by atoms with E-state index in [-0.39, 0.29) is 18.4 Å². The number of anilines is 1. The van der Waals surface area contributed by atoms with Crippen LogP contribution in [0.1, 0.15) is 25.3 Å². The van der Waals surface area contributed by atoms with Crippen LogP contribution in [0, 0.1) is 6.92 Å². The van der Waals surface area contributed by atoms with Crippen molar-refractivity contribution in [3.63, 3.8) is 0 Å². The first-order valence-corrected chi connectivity index (χ1v) is 9.74. The molecule has 1 aromatic carbocycles. The van der Waals surface area contributed by atoms with Crippen molar-refractivity contribution >= 4 is 17.5 Å². The van der Waals surface area contributed by atoms with E-state index in [1.54, 1.807) is 4.90 Å². The van der Waals surface area contributed by atoms with E-state index in [2.05, 4.69) is 10.2 Å². The van der Waals surface area contributed by atoms with Crippen LogP contribution in [0.25, 0.3) is 0 Å². The van der Waals surface area contributed by atoms with E-state index < -0.39 is 6.10 Å². The monoisotopic (exact) mass is 375 g/mol.